The molecular formula is C12H26N2OS. The molecule has 0 amide bonds. The molecule has 1 fully saturated rings. The van der Waals surface area contributed by atoms with Crippen molar-refractivity contribution in [1.82, 2.24) is 10.2 Å². The summed E-state index contributed by atoms with van der Waals surface area (Å²) >= 11 is 1.93. The summed E-state index contributed by atoms with van der Waals surface area (Å²) in [5.74, 6) is 3.11. The third-order valence-corrected chi connectivity index (χ3v) is 4.10. The second-order valence-electron chi connectivity index (χ2n) is 4.66. The van der Waals surface area contributed by atoms with E-state index in [0.717, 1.165) is 24.6 Å². The molecule has 96 valence electrons. The van der Waals surface area contributed by atoms with Crippen molar-refractivity contribution >= 4 is 11.8 Å². The SMILES string of the molecule is CN1CCCC(CNCCSCCCO)C1. The van der Waals surface area contributed by atoms with E-state index in [1.165, 1.54) is 38.2 Å². The van der Waals surface area contributed by atoms with Gasteiger partial charge in [0.1, 0.15) is 0 Å². The average molecular weight is 246 g/mol. The van der Waals surface area contributed by atoms with Crippen molar-refractivity contribution < 1.29 is 5.11 Å². The topological polar surface area (TPSA) is 35.5 Å². The van der Waals surface area contributed by atoms with Crippen LogP contribution >= 0.6 is 11.8 Å². The number of rotatable bonds is 8. The molecule has 16 heavy (non-hydrogen) atoms. The number of likely N-dealkylation sites (tertiary alicyclic amines) is 1. The van der Waals surface area contributed by atoms with E-state index in [1.807, 2.05) is 11.8 Å². The number of thioether (sulfide) groups is 1. The number of nitrogens with one attached hydrogen (secondary N) is 1. The van der Waals surface area contributed by atoms with Crippen LogP contribution in [-0.2, 0) is 0 Å². The van der Waals surface area contributed by atoms with Gasteiger partial charge in [-0.2, -0.15) is 11.8 Å². The van der Waals surface area contributed by atoms with Crippen LogP contribution < -0.4 is 5.32 Å². The highest BCUT2D eigenvalue weighted by Crippen LogP contribution is 2.13. The lowest BCUT2D eigenvalue weighted by Gasteiger charge is -2.29. The lowest BCUT2D eigenvalue weighted by Crippen LogP contribution is -2.37. The first-order chi connectivity index (χ1) is 7.83. The maximum Gasteiger partial charge on any atom is 0.0438 e. The van der Waals surface area contributed by atoms with Gasteiger partial charge in [-0.3, -0.25) is 0 Å². The predicted octanol–water partition coefficient (Wildman–Crippen LogP) is 1.03. The number of hydrogen-bond donors (Lipinski definition) is 2. The summed E-state index contributed by atoms with van der Waals surface area (Å²) in [6.45, 7) is 5.13. The molecule has 0 aromatic heterocycles. The van der Waals surface area contributed by atoms with Crippen molar-refractivity contribution in [3.63, 3.8) is 0 Å². The standard InChI is InChI=1S/C12H26N2OS/c1-14-6-2-4-12(11-14)10-13-5-9-16-8-3-7-15/h12-13,15H,2-11H2,1H3. The summed E-state index contributed by atoms with van der Waals surface area (Å²) in [5, 5.41) is 12.2. The zero-order valence-electron chi connectivity index (χ0n) is 10.5. The minimum atomic E-state index is 0.328. The normalized spacial score (nSPS) is 22.5. The van der Waals surface area contributed by atoms with E-state index in [-0.39, 0.29) is 0 Å². The molecule has 1 unspecified atom stereocenters. The summed E-state index contributed by atoms with van der Waals surface area (Å²) in [6.07, 6.45) is 3.67. The van der Waals surface area contributed by atoms with Crippen LogP contribution in [0.2, 0.25) is 0 Å². The summed E-state index contributed by atoms with van der Waals surface area (Å²) in [4.78, 5) is 2.44. The van der Waals surface area contributed by atoms with Crippen LogP contribution in [0.1, 0.15) is 19.3 Å². The van der Waals surface area contributed by atoms with Crippen LogP contribution in [0.5, 0.6) is 0 Å². The van der Waals surface area contributed by atoms with Crippen molar-refractivity contribution in [3.8, 4) is 0 Å². The Morgan fingerprint density at radius 2 is 2.31 bits per heavy atom. The van der Waals surface area contributed by atoms with E-state index in [2.05, 4.69) is 17.3 Å². The maximum absolute atomic E-state index is 8.63. The first-order valence-corrected chi connectivity index (χ1v) is 7.56. The average Bonchev–Trinajstić information content (AvgIpc) is 2.28. The summed E-state index contributed by atoms with van der Waals surface area (Å²) < 4.78 is 0. The maximum atomic E-state index is 8.63. The summed E-state index contributed by atoms with van der Waals surface area (Å²) in [6, 6.07) is 0. The van der Waals surface area contributed by atoms with Gasteiger partial charge in [-0.1, -0.05) is 0 Å². The minimum absolute atomic E-state index is 0.328. The molecule has 0 aromatic carbocycles. The largest absolute Gasteiger partial charge is 0.396 e. The molecule has 0 aliphatic carbocycles. The molecule has 0 bridgehead atoms. The molecule has 1 heterocycles. The highest BCUT2D eigenvalue weighted by Gasteiger charge is 2.15. The molecule has 3 nitrogen and oxygen atoms in total. The van der Waals surface area contributed by atoms with Crippen molar-refractivity contribution in [2.24, 2.45) is 5.92 Å². The molecule has 0 spiro atoms. The first kappa shape index (κ1) is 14.3. The van der Waals surface area contributed by atoms with Gasteiger partial charge >= 0.3 is 0 Å². The molecule has 1 rings (SSSR count). The number of nitrogens with zero attached hydrogens (tertiary/aromatic N) is 1. The van der Waals surface area contributed by atoms with E-state index in [9.17, 15) is 0 Å². The third-order valence-electron chi connectivity index (χ3n) is 3.03. The van der Waals surface area contributed by atoms with E-state index in [4.69, 9.17) is 5.11 Å². The van der Waals surface area contributed by atoms with Gasteiger partial charge in [0.05, 0.1) is 0 Å². The molecule has 0 saturated carbocycles. The molecule has 0 radical (unpaired) electrons. The van der Waals surface area contributed by atoms with Gasteiger partial charge in [0.15, 0.2) is 0 Å². The van der Waals surface area contributed by atoms with Crippen molar-refractivity contribution in [1.29, 1.82) is 0 Å². The Balaban J connectivity index is 1.86. The van der Waals surface area contributed by atoms with Gasteiger partial charge in [0, 0.05) is 25.4 Å². The third kappa shape index (κ3) is 6.74. The van der Waals surface area contributed by atoms with Crippen LogP contribution in [0.4, 0.5) is 0 Å². The van der Waals surface area contributed by atoms with Crippen LogP contribution in [-0.4, -0.2) is 61.3 Å². The van der Waals surface area contributed by atoms with E-state index < -0.39 is 0 Å². The lowest BCUT2D eigenvalue weighted by atomic mass is 9.98. The quantitative estimate of drug-likeness (QED) is 0.627. The van der Waals surface area contributed by atoms with E-state index in [1.54, 1.807) is 0 Å². The zero-order chi connectivity index (χ0) is 11.6. The molecule has 1 saturated heterocycles. The summed E-state index contributed by atoms with van der Waals surface area (Å²) in [5.41, 5.74) is 0. The highest BCUT2D eigenvalue weighted by atomic mass is 32.2. The number of aliphatic hydroxyl groups excluding tert-OH is 1. The molecule has 1 aliphatic heterocycles. The van der Waals surface area contributed by atoms with Crippen molar-refractivity contribution in [2.75, 3.05) is 51.3 Å². The van der Waals surface area contributed by atoms with Crippen LogP contribution in [0.15, 0.2) is 0 Å². The van der Waals surface area contributed by atoms with E-state index in [0.29, 0.717) is 6.61 Å². The molecule has 1 atom stereocenters. The monoisotopic (exact) mass is 246 g/mol. The fourth-order valence-corrected chi connectivity index (χ4v) is 2.99. The number of piperidine rings is 1. The smallest absolute Gasteiger partial charge is 0.0438 e. The Morgan fingerprint density at radius 3 is 3.06 bits per heavy atom. The number of aliphatic hydroxyl groups is 1. The van der Waals surface area contributed by atoms with E-state index >= 15 is 0 Å². The summed E-state index contributed by atoms with van der Waals surface area (Å²) in [7, 11) is 2.22. The minimum Gasteiger partial charge on any atom is -0.396 e. The predicted molar refractivity (Wildman–Crippen MR) is 72.1 cm³/mol. The Hall–Kier alpha value is 0.230. The molecule has 4 heteroatoms. The van der Waals surface area contributed by atoms with Crippen LogP contribution in [0.3, 0.4) is 0 Å². The Labute approximate surface area is 104 Å². The zero-order valence-corrected chi connectivity index (χ0v) is 11.3. The van der Waals surface area contributed by atoms with Gasteiger partial charge < -0.3 is 15.3 Å². The molecule has 2 N–H and O–H groups in total. The van der Waals surface area contributed by atoms with Crippen molar-refractivity contribution in [2.45, 2.75) is 19.3 Å². The van der Waals surface area contributed by atoms with Gasteiger partial charge in [-0.15, -0.1) is 0 Å². The second kappa shape index (κ2) is 9.28. The second-order valence-corrected chi connectivity index (χ2v) is 5.89. The van der Waals surface area contributed by atoms with Gasteiger partial charge in [-0.25, -0.2) is 0 Å². The molecule has 0 aromatic rings. The lowest BCUT2D eigenvalue weighted by molar-refractivity contribution is 0.207. The van der Waals surface area contributed by atoms with Crippen molar-refractivity contribution in [3.05, 3.63) is 0 Å². The first-order valence-electron chi connectivity index (χ1n) is 6.41. The Kier molecular flexibility index (Phi) is 8.29. The van der Waals surface area contributed by atoms with Crippen LogP contribution in [0.25, 0.3) is 0 Å². The van der Waals surface area contributed by atoms with Gasteiger partial charge in [-0.05, 0) is 51.1 Å². The van der Waals surface area contributed by atoms with Crippen LogP contribution in [0, 0.1) is 5.92 Å². The fourth-order valence-electron chi connectivity index (χ4n) is 2.16. The fraction of sp³-hybridized carbons (Fsp3) is 1.00. The molecule has 1 aliphatic rings. The Bertz CT molecular complexity index is 169. The highest BCUT2D eigenvalue weighted by molar-refractivity contribution is 7.99. The number of hydrogen-bond acceptors (Lipinski definition) is 4. The Morgan fingerprint density at radius 1 is 1.44 bits per heavy atom. The van der Waals surface area contributed by atoms with Gasteiger partial charge in [0.2, 0.25) is 0 Å². The van der Waals surface area contributed by atoms with Gasteiger partial charge in [0.25, 0.3) is 0 Å². The molecular weight excluding hydrogens is 220 g/mol.